The smallest absolute Gasteiger partial charge is 0.303 e. The molecule has 0 saturated carbocycles. The molecule has 0 atom stereocenters. The molecule has 7 heteroatoms. The van der Waals surface area contributed by atoms with E-state index in [0.29, 0.717) is 23.5 Å². The van der Waals surface area contributed by atoms with Crippen molar-refractivity contribution in [2.45, 2.75) is 12.8 Å². The second-order valence-electron chi connectivity index (χ2n) is 5.07. The molecule has 6 nitrogen and oxygen atoms in total. The number of aliphatic carboxylic acids is 1. The quantitative estimate of drug-likeness (QED) is 0.700. The van der Waals surface area contributed by atoms with Gasteiger partial charge in [0.2, 0.25) is 0 Å². The molecule has 1 heterocycles. The molecular formula is C17H17ClN2O4. The van der Waals surface area contributed by atoms with Gasteiger partial charge < -0.3 is 19.6 Å². The highest BCUT2D eigenvalue weighted by molar-refractivity contribution is 5.85. The molecule has 24 heavy (non-hydrogen) atoms. The second-order valence-corrected chi connectivity index (χ2v) is 5.07. The van der Waals surface area contributed by atoms with E-state index in [-0.39, 0.29) is 18.8 Å². The number of fused-ring (bicyclic) bond motifs is 1. The summed E-state index contributed by atoms with van der Waals surface area (Å²) in [4.78, 5) is 15.0. The molecule has 0 radical (unpaired) electrons. The number of aryl methyl sites for hydroxylation is 1. The van der Waals surface area contributed by atoms with E-state index in [4.69, 9.17) is 14.3 Å². The van der Waals surface area contributed by atoms with Crippen molar-refractivity contribution in [1.82, 2.24) is 4.98 Å². The average molecular weight is 349 g/mol. The van der Waals surface area contributed by atoms with Crippen molar-refractivity contribution in [3.63, 3.8) is 0 Å². The number of carboxylic acids is 1. The van der Waals surface area contributed by atoms with E-state index < -0.39 is 5.97 Å². The lowest BCUT2D eigenvalue weighted by atomic mass is 10.1. The van der Waals surface area contributed by atoms with Crippen molar-refractivity contribution in [3.05, 3.63) is 48.0 Å². The van der Waals surface area contributed by atoms with Crippen LogP contribution in [0, 0.1) is 0 Å². The van der Waals surface area contributed by atoms with Crippen molar-refractivity contribution in [2.24, 2.45) is 0 Å². The Morgan fingerprint density at radius 1 is 1.25 bits per heavy atom. The van der Waals surface area contributed by atoms with Crippen LogP contribution in [-0.4, -0.2) is 23.2 Å². The minimum atomic E-state index is -0.813. The van der Waals surface area contributed by atoms with Crippen LogP contribution in [0.2, 0.25) is 0 Å². The number of methoxy groups -OCH3 is 1. The molecule has 0 aliphatic rings. The van der Waals surface area contributed by atoms with Crippen LogP contribution >= 0.6 is 12.4 Å². The van der Waals surface area contributed by atoms with E-state index in [1.807, 2.05) is 36.4 Å². The summed E-state index contributed by atoms with van der Waals surface area (Å²) in [5.41, 5.74) is 3.11. The SMILES string of the molecule is COc1ccc(Nc2nc3cc(CCC(=O)O)ccc3o2)cc1.Cl. The van der Waals surface area contributed by atoms with E-state index in [1.165, 1.54) is 0 Å². The monoisotopic (exact) mass is 348 g/mol. The van der Waals surface area contributed by atoms with Crippen LogP contribution in [0.15, 0.2) is 46.9 Å². The molecule has 0 aliphatic carbocycles. The first-order chi connectivity index (χ1) is 11.1. The van der Waals surface area contributed by atoms with Gasteiger partial charge in [0, 0.05) is 12.1 Å². The van der Waals surface area contributed by atoms with E-state index in [9.17, 15) is 4.79 Å². The fourth-order valence-corrected chi connectivity index (χ4v) is 2.23. The first-order valence-corrected chi connectivity index (χ1v) is 7.16. The molecule has 0 amide bonds. The number of nitrogens with zero attached hydrogens (tertiary/aromatic N) is 1. The number of carboxylic acid groups (broad SMARTS) is 1. The van der Waals surface area contributed by atoms with Crippen LogP contribution in [0.1, 0.15) is 12.0 Å². The zero-order chi connectivity index (χ0) is 16.2. The van der Waals surface area contributed by atoms with Crippen LogP contribution < -0.4 is 10.1 Å². The molecule has 2 N–H and O–H groups in total. The van der Waals surface area contributed by atoms with Crippen LogP contribution in [0.3, 0.4) is 0 Å². The number of halogens is 1. The normalized spacial score (nSPS) is 10.2. The van der Waals surface area contributed by atoms with Gasteiger partial charge in [0.25, 0.3) is 6.01 Å². The summed E-state index contributed by atoms with van der Waals surface area (Å²) in [7, 11) is 1.62. The molecule has 0 spiro atoms. The second kappa shape index (κ2) is 7.70. The Labute approximate surface area is 144 Å². The third-order valence-corrected chi connectivity index (χ3v) is 3.42. The lowest BCUT2D eigenvalue weighted by Gasteiger charge is -2.02. The number of anilines is 2. The molecule has 0 fully saturated rings. The lowest BCUT2D eigenvalue weighted by Crippen LogP contribution is -1.97. The van der Waals surface area contributed by atoms with E-state index in [2.05, 4.69) is 10.3 Å². The third kappa shape index (κ3) is 4.17. The number of ether oxygens (including phenoxy) is 1. The molecule has 0 saturated heterocycles. The topological polar surface area (TPSA) is 84.6 Å². The van der Waals surface area contributed by atoms with Gasteiger partial charge >= 0.3 is 5.97 Å². The molecule has 2 aromatic carbocycles. The molecule has 0 aliphatic heterocycles. The number of carbonyl (C=O) groups is 1. The van der Waals surface area contributed by atoms with Gasteiger partial charge in [-0.25, -0.2) is 0 Å². The number of oxazole rings is 1. The molecule has 3 rings (SSSR count). The Hall–Kier alpha value is -2.73. The maximum Gasteiger partial charge on any atom is 0.303 e. The van der Waals surface area contributed by atoms with Gasteiger partial charge in [-0.1, -0.05) is 6.07 Å². The first-order valence-electron chi connectivity index (χ1n) is 7.16. The third-order valence-electron chi connectivity index (χ3n) is 3.42. The van der Waals surface area contributed by atoms with Crippen LogP contribution in [0.5, 0.6) is 5.75 Å². The first kappa shape index (κ1) is 17.6. The van der Waals surface area contributed by atoms with Gasteiger partial charge in [0.1, 0.15) is 11.3 Å². The Morgan fingerprint density at radius 3 is 2.67 bits per heavy atom. The summed E-state index contributed by atoms with van der Waals surface area (Å²) in [6, 6.07) is 13.3. The van der Waals surface area contributed by atoms with Crippen molar-refractivity contribution in [3.8, 4) is 5.75 Å². The molecule has 0 unspecified atom stereocenters. The number of hydrogen-bond donors (Lipinski definition) is 2. The number of rotatable bonds is 6. The Balaban J connectivity index is 0.00000208. The number of benzene rings is 2. The van der Waals surface area contributed by atoms with Gasteiger partial charge in [0.05, 0.1) is 7.11 Å². The standard InChI is InChI=1S/C17H16N2O4.ClH/c1-22-13-6-4-12(5-7-13)18-17-19-14-10-11(3-9-16(20)21)2-8-15(14)23-17;/h2,4-8,10H,3,9H2,1H3,(H,18,19)(H,20,21);1H. The highest BCUT2D eigenvalue weighted by atomic mass is 35.5. The van der Waals surface area contributed by atoms with Gasteiger partial charge in [-0.05, 0) is 48.4 Å². The average Bonchev–Trinajstić information content (AvgIpc) is 2.95. The number of nitrogens with one attached hydrogen (secondary N) is 1. The Morgan fingerprint density at radius 2 is 2.00 bits per heavy atom. The van der Waals surface area contributed by atoms with E-state index in [1.54, 1.807) is 13.2 Å². The zero-order valence-corrected chi connectivity index (χ0v) is 13.8. The Kier molecular flexibility index (Phi) is 5.65. The highest BCUT2D eigenvalue weighted by Gasteiger charge is 2.08. The maximum atomic E-state index is 10.6. The van der Waals surface area contributed by atoms with Crippen molar-refractivity contribution < 1.29 is 19.1 Å². The summed E-state index contributed by atoms with van der Waals surface area (Å²) in [5, 5.41) is 11.8. The predicted octanol–water partition coefficient (Wildman–Crippen LogP) is 4.02. The Bertz CT molecular complexity index is 830. The summed E-state index contributed by atoms with van der Waals surface area (Å²) < 4.78 is 10.8. The van der Waals surface area contributed by atoms with Crippen LogP contribution in [-0.2, 0) is 11.2 Å². The van der Waals surface area contributed by atoms with Crippen LogP contribution in [0.4, 0.5) is 11.7 Å². The summed E-state index contributed by atoms with van der Waals surface area (Å²) in [6.07, 6.45) is 0.569. The summed E-state index contributed by atoms with van der Waals surface area (Å²) >= 11 is 0. The number of aromatic nitrogens is 1. The number of hydrogen-bond acceptors (Lipinski definition) is 5. The van der Waals surface area contributed by atoms with E-state index >= 15 is 0 Å². The van der Waals surface area contributed by atoms with Gasteiger partial charge in [-0.3, -0.25) is 4.79 Å². The van der Waals surface area contributed by atoms with Gasteiger partial charge in [0.15, 0.2) is 5.58 Å². The minimum absolute atomic E-state index is 0. The largest absolute Gasteiger partial charge is 0.497 e. The fourth-order valence-electron chi connectivity index (χ4n) is 2.23. The van der Waals surface area contributed by atoms with Crippen LogP contribution in [0.25, 0.3) is 11.1 Å². The highest BCUT2D eigenvalue weighted by Crippen LogP contribution is 2.24. The molecular weight excluding hydrogens is 332 g/mol. The lowest BCUT2D eigenvalue weighted by molar-refractivity contribution is -0.136. The van der Waals surface area contributed by atoms with E-state index in [0.717, 1.165) is 17.0 Å². The molecule has 0 bridgehead atoms. The summed E-state index contributed by atoms with van der Waals surface area (Å²) in [6.45, 7) is 0. The molecule has 126 valence electrons. The molecule has 1 aromatic heterocycles. The van der Waals surface area contributed by atoms with Crippen molar-refractivity contribution in [2.75, 3.05) is 12.4 Å². The fraction of sp³-hybridized carbons (Fsp3) is 0.176. The van der Waals surface area contributed by atoms with Gasteiger partial charge in [-0.15, -0.1) is 12.4 Å². The molecule has 3 aromatic rings. The predicted molar refractivity (Wildman–Crippen MR) is 93.5 cm³/mol. The van der Waals surface area contributed by atoms with Crippen molar-refractivity contribution in [1.29, 1.82) is 0 Å². The van der Waals surface area contributed by atoms with Gasteiger partial charge in [-0.2, -0.15) is 4.98 Å². The van der Waals surface area contributed by atoms with Crippen molar-refractivity contribution >= 4 is 41.2 Å². The summed E-state index contributed by atoms with van der Waals surface area (Å²) in [5.74, 6) is -0.0386. The minimum Gasteiger partial charge on any atom is -0.497 e. The maximum absolute atomic E-state index is 10.6. The zero-order valence-electron chi connectivity index (χ0n) is 13.0.